The van der Waals surface area contributed by atoms with Crippen LogP contribution in [0.15, 0.2) is 57.4 Å². The van der Waals surface area contributed by atoms with Gasteiger partial charge >= 0.3 is 0 Å². The Balaban J connectivity index is 2.55. The highest BCUT2D eigenvalue weighted by Crippen LogP contribution is 2.37. The van der Waals surface area contributed by atoms with Crippen LogP contribution >= 0.6 is 0 Å². The van der Waals surface area contributed by atoms with Gasteiger partial charge in [0.05, 0.1) is 0 Å². The summed E-state index contributed by atoms with van der Waals surface area (Å²) < 4.78 is 0. The summed E-state index contributed by atoms with van der Waals surface area (Å²) in [7, 11) is 0. The molecule has 0 atom stereocenters. The van der Waals surface area contributed by atoms with Gasteiger partial charge in [0.2, 0.25) is 0 Å². The van der Waals surface area contributed by atoms with E-state index in [0.717, 1.165) is 5.39 Å². The minimum absolute atomic E-state index is 0.00258. The normalized spacial score (nSPS) is 12.8. The number of hydrogen-bond donors (Lipinski definition) is 2. The third-order valence-electron chi connectivity index (χ3n) is 2.73. The van der Waals surface area contributed by atoms with E-state index in [1.54, 1.807) is 56.5 Å². The molecule has 0 aromatic heterocycles. The topological polar surface area (TPSA) is 77.5 Å². The summed E-state index contributed by atoms with van der Waals surface area (Å²) in [5.41, 5.74) is 0.309. The molecule has 2 aromatic carbocycles. The predicted octanol–water partition coefficient (Wildman–Crippen LogP) is 4.29. The Bertz CT molecular complexity index is 713. The summed E-state index contributed by atoms with van der Waals surface area (Å²) in [4.78, 5) is 4.03. The molecule has 0 amide bonds. The van der Waals surface area contributed by atoms with Crippen LogP contribution in [0.2, 0.25) is 0 Å². The van der Waals surface area contributed by atoms with Crippen LogP contribution in [0.1, 0.15) is 13.8 Å². The zero-order chi connectivity index (χ0) is 14.5. The standard InChI is InChI=1S/C15H15N3O2/c1-3-14(16-4-2)17-18-15-12-9-11(19)7-5-10(12)6-8-13(15)20/h3-9,19-20H,1-2H3/b14-3+,16-4-,18-17+. The van der Waals surface area contributed by atoms with E-state index in [2.05, 4.69) is 15.2 Å². The number of hydrogen-bond acceptors (Lipinski definition) is 5. The molecule has 102 valence electrons. The molecule has 0 radical (unpaired) electrons. The third-order valence-corrected chi connectivity index (χ3v) is 2.73. The molecule has 0 spiro atoms. The Kier molecular flexibility index (Phi) is 4.10. The van der Waals surface area contributed by atoms with Crippen LogP contribution in [0.5, 0.6) is 11.5 Å². The summed E-state index contributed by atoms with van der Waals surface area (Å²) in [6.07, 6.45) is 3.33. The number of fused-ring (bicyclic) bond motifs is 1. The van der Waals surface area contributed by atoms with E-state index in [0.29, 0.717) is 16.9 Å². The molecular formula is C15H15N3O2. The Hall–Kier alpha value is -2.69. The largest absolute Gasteiger partial charge is 0.508 e. The number of aliphatic imine (C=N–C) groups is 1. The van der Waals surface area contributed by atoms with Crippen LogP contribution in [0.4, 0.5) is 5.69 Å². The maximum Gasteiger partial charge on any atom is 0.169 e. The molecule has 2 aromatic rings. The number of benzene rings is 2. The minimum atomic E-state index is 0.00258. The highest BCUT2D eigenvalue weighted by atomic mass is 16.3. The van der Waals surface area contributed by atoms with Crippen molar-refractivity contribution in [3.05, 3.63) is 42.2 Å². The van der Waals surface area contributed by atoms with E-state index in [1.807, 2.05) is 0 Å². The van der Waals surface area contributed by atoms with E-state index in [4.69, 9.17) is 0 Å². The third kappa shape index (κ3) is 2.83. The molecule has 2 N–H and O–H groups in total. The van der Waals surface area contributed by atoms with E-state index >= 15 is 0 Å². The Labute approximate surface area is 116 Å². The first kappa shape index (κ1) is 13.7. The lowest BCUT2D eigenvalue weighted by Gasteiger charge is -2.04. The lowest BCUT2D eigenvalue weighted by atomic mass is 10.1. The molecular weight excluding hydrogens is 254 g/mol. The molecule has 0 aliphatic carbocycles. The number of aromatic hydroxyl groups is 2. The van der Waals surface area contributed by atoms with Crippen LogP contribution in [0.25, 0.3) is 10.8 Å². The van der Waals surface area contributed by atoms with Gasteiger partial charge in [-0.15, -0.1) is 10.2 Å². The summed E-state index contributed by atoms with van der Waals surface area (Å²) in [5, 5.41) is 29.0. The lowest BCUT2D eigenvalue weighted by molar-refractivity contribution is 0.475. The van der Waals surface area contributed by atoms with E-state index < -0.39 is 0 Å². The summed E-state index contributed by atoms with van der Waals surface area (Å²) in [6, 6.07) is 8.18. The van der Waals surface area contributed by atoms with Crippen LogP contribution in [-0.4, -0.2) is 16.4 Å². The molecule has 0 fully saturated rings. The molecule has 0 unspecified atom stereocenters. The molecule has 0 heterocycles. The number of azo groups is 1. The first-order valence-electron chi connectivity index (χ1n) is 6.17. The maximum absolute atomic E-state index is 9.92. The van der Waals surface area contributed by atoms with Gasteiger partial charge in [-0.3, -0.25) is 0 Å². The molecule has 0 aliphatic rings. The van der Waals surface area contributed by atoms with Crippen molar-refractivity contribution in [1.29, 1.82) is 0 Å². The van der Waals surface area contributed by atoms with Crippen molar-refractivity contribution in [2.45, 2.75) is 13.8 Å². The average Bonchev–Trinajstić information content (AvgIpc) is 2.45. The second kappa shape index (κ2) is 5.97. The van der Waals surface area contributed by atoms with E-state index in [-0.39, 0.29) is 11.5 Å². The van der Waals surface area contributed by atoms with E-state index in [1.165, 1.54) is 0 Å². The Morgan fingerprint density at radius 3 is 2.55 bits per heavy atom. The maximum atomic E-state index is 9.92. The van der Waals surface area contributed by atoms with Crippen molar-refractivity contribution in [2.75, 3.05) is 0 Å². The van der Waals surface area contributed by atoms with Gasteiger partial charge in [0.1, 0.15) is 17.2 Å². The highest BCUT2D eigenvalue weighted by Gasteiger charge is 2.07. The van der Waals surface area contributed by atoms with Gasteiger partial charge < -0.3 is 10.2 Å². The van der Waals surface area contributed by atoms with Crippen molar-refractivity contribution >= 4 is 22.7 Å². The number of phenolic OH excluding ortho intramolecular Hbond substituents is 2. The molecule has 5 nitrogen and oxygen atoms in total. The van der Waals surface area contributed by atoms with Crippen LogP contribution in [0, 0.1) is 0 Å². The summed E-state index contributed by atoms with van der Waals surface area (Å²) in [6.45, 7) is 3.59. The summed E-state index contributed by atoms with van der Waals surface area (Å²) in [5.74, 6) is 0.559. The summed E-state index contributed by atoms with van der Waals surface area (Å²) >= 11 is 0. The average molecular weight is 269 g/mol. The quantitative estimate of drug-likeness (QED) is 0.644. The minimum Gasteiger partial charge on any atom is -0.508 e. The zero-order valence-corrected chi connectivity index (χ0v) is 11.3. The second-order valence-electron chi connectivity index (χ2n) is 4.07. The van der Waals surface area contributed by atoms with Gasteiger partial charge in [-0.05, 0) is 43.5 Å². The van der Waals surface area contributed by atoms with Gasteiger partial charge in [-0.2, -0.15) is 0 Å². The van der Waals surface area contributed by atoms with Crippen molar-refractivity contribution in [2.24, 2.45) is 15.2 Å². The van der Waals surface area contributed by atoms with Gasteiger partial charge in [0, 0.05) is 11.6 Å². The van der Waals surface area contributed by atoms with Crippen LogP contribution in [-0.2, 0) is 0 Å². The first-order chi connectivity index (χ1) is 9.65. The SMILES string of the molecule is C\C=N/C(=C\C)/N=N/c1c(O)ccc2ccc(O)cc12. The predicted molar refractivity (Wildman–Crippen MR) is 79.7 cm³/mol. The van der Waals surface area contributed by atoms with Gasteiger partial charge in [-0.1, -0.05) is 12.1 Å². The Morgan fingerprint density at radius 1 is 1.10 bits per heavy atom. The van der Waals surface area contributed by atoms with Crippen molar-refractivity contribution in [3.63, 3.8) is 0 Å². The fraction of sp³-hybridized carbons (Fsp3) is 0.133. The van der Waals surface area contributed by atoms with Crippen LogP contribution in [0.3, 0.4) is 0 Å². The smallest absolute Gasteiger partial charge is 0.169 e. The number of nitrogens with zero attached hydrogens (tertiary/aromatic N) is 3. The van der Waals surface area contributed by atoms with Gasteiger partial charge in [0.15, 0.2) is 5.82 Å². The second-order valence-corrected chi connectivity index (χ2v) is 4.07. The Morgan fingerprint density at radius 2 is 1.85 bits per heavy atom. The molecule has 5 heteroatoms. The number of rotatable bonds is 3. The molecule has 20 heavy (non-hydrogen) atoms. The molecule has 0 saturated carbocycles. The highest BCUT2D eigenvalue weighted by molar-refractivity contribution is 5.96. The fourth-order valence-corrected chi connectivity index (χ4v) is 1.78. The van der Waals surface area contributed by atoms with Crippen LogP contribution < -0.4 is 0 Å². The van der Waals surface area contributed by atoms with Crippen molar-refractivity contribution in [1.82, 2.24) is 0 Å². The lowest BCUT2D eigenvalue weighted by Crippen LogP contribution is -1.77. The first-order valence-corrected chi connectivity index (χ1v) is 6.17. The molecule has 0 aliphatic heterocycles. The van der Waals surface area contributed by atoms with E-state index in [9.17, 15) is 10.2 Å². The fourth-order valence-electron chi connectivity index (χ4n) is 1.78. The molecule has 0 bridgehead atoms. The number of allylic oxidation sites excluding steroid dienone is 1. The number of phenols is 2. The monoisotopic (exact) mass is 269 g/mol. The zero-order valence-electron chi connectivity index (χ0n) is 11.3. The molecule has 0 saturated heterocycles. The van der Waals surface area contributed by atoms with Gasteiger partial charge in [0.25, 0.3) is 0 Å². The molecule has 2 rings (SSSR count). The van der Waals surface area contributed by atoms with Crippen molar-refractivity contribution in [3.8, 4) is 11.5 Å². The van der Waals surface area contributed by atoms with Gasteiger partial charge in [-0.25, -0.2) is 4.99 Å². The van der Waals surface area contributed by atoms with Crippen molar-refractivity contribution < 1.29 is 10.2 Å².